The molecule has 2 rings (SSSR count). The summed E-state index contributed by atoms with van der Waals surface area (Å²) in [5, 5.41) is 0. The molecule has 0 bridgehead atoms. The number of piperidine rings is 1. The maximum atomic E-state index is 12.4. The molecule has 1 unspecified atom stereocenters. The van der Waals surface area contributed by atoms with Gasteiger partial charge in [0, 0.05) is 23.6 Å². The summed E-state index contributed by atoms with van der Waals surface area (Å²) in [7, 11) is -3.48. The minimum atomic E-state index is -3.48. The Morgan fingerprint density at radius 3 is 2.54 bits per heavy atom. The number of carbonyl (C=O) groups is 1. The number of benzene rings is 1. The smallest absolute Gasteiger partial charge is 0.410 e. The summed E-state index contributed by atoms with van der Waals surface area (Å²) in [5.41, 5.74) is 0.147. The molecule has 0 radical (unpaired) electrons. The van der Waals surface area contributed by atoms with Gasteiger partial charge in [-0.05, 0) is 57.7 Å². The molecule has 1 saturated heterocycles. The van der Waals surface area contributed by atoms with Crippen LogP contribution >= 0.6 is 15.9 Å². The Bertz CT molecular complexity index is 714. The molecule has 1 heterocycles. The fourth-order valence-corrected chi connectivity index (χ4v) is 4.29. The topological polar surface area (TPSA) is 75.7 Å². The lowest BCUT2D eigenvalue weighted by Crippen LogP contribution is -2.50. The normalized spacial score (nSPS) is 18.6. The Hall–Kier alpha value is -1.12. The zero-order valence-corrected chi connectivity index (χ0v) is 17.9. The molecule has 26 heavy (non-hydrogen) atoms. The van der Waals surface area contributed by atoms with Gasteiger partial charge in [0.05, 0.1) is 5.75 Å². The van der Waals surface area contributed by atoms with Crippen LogP contribution < -0.4 is 4.72 Å². The molecule has 1 fully saturated rings. The fraction of sp³-hybridized carbons (Fsp3) is 0.611. The molecule has 6 nitrogen and oxygen atoms in total. The Morgan fingerprint density at radius 1 is 1.27 bits per heavy atom. The number of likely N-dealkylation sites (tertiary alicyclic amines) is 1. The highest BCUT2D eigenvalue weighted by atomic mass is 79.9. The van der Waals surface area contributed by atoms with Gasteiger partial charge in [-0.15, -0.1) is 0 Å². The van der Waals surface area contributed by atoms with E-state index in [1.165, 1.54) is 0 Å². The number of sulfonamides is 1. The van der Waals surface area contributed by atoms with Gasteiger partial charge in [-0.25, -0.2) is 17.9 Å². The third-order valence-corrected chi connectivity index (χ3v) is 5.91. The Balaban J connectivity index is 1.96. The molecule has 1 N–H and O–H groups in total. The summed E-state index contributed by atoms with van der Waals surface area (Å²) in [4.78, 5) is 14.0. The highest BCUT2D eigenvalue weighted by Gasteiger charge is 2.31. The van der Waals surface area contributed by atoms with E-state index in [-0.39, 0.29) is 24.4 Å². The first-order valence-electron chi connectivity index (χ1n) is 8.77. The van der Waals surface area contributed by atoms with Gasteiger partial charge in [0.1, 0.15) is 5.60 Å². The van der Waals surface area contributed by atoms with E-state index in [1.54, 1.807) is 17.0 Å². The Kier molecular flexibility index (Phi) is 7.10. The largest absolute Gasteiger partial charge is 0.444 e. The Morgan fingerprint density at radius 2 is 1.92 bits per heavy atom. The van der Waals surface area contributed by atoms with E-state index in [0.29, 0.717) is 12.1 Å². The first-order chi connectivity index (χ1) is 12.1. The van der Waals surface area contributed by atoms with Crippen molar-refractivity contribution in [1.29, 1.82) is 0 Å². The average Bonchev–Trinajstić information content (AvgIpc) is 2.54. The molecule has 1 atom stereocenters. The number of nitrogens with zero attached hydrogens (tertiary/aromatic N) is 1. The minimum Gasteiger partial charge on any atom is -0.444 e. The van der Waals surface area contributed by atoms with E-state index in [9.17, 15) is 13.2 Å². The molecule has 0 aromatic heterocycles. The van der Waals surface area contributed by atoms with Crippen molar-refractivity contribution in [2.75, 3.05) is 13.1 Å². The number of hydrogen-bond donors (Lipinski definition) is 1. The Labute approximate surface area is 164 Å². The number of ether oxygens (including phenoxy) is 1. The number of nitrogens with one attached hydrogen (secondary N) is 1. The number of rotatable bonds is 5. The van der Waals surface area contributed by atoms with Crippen molar-refractivity contribution in [3.63, 3.8) is 0 Å². The van der Waals surface area contributed by atoms with E-state index < -0.39 is 15.6 Å². The lowest BCUT2D eigenvalue weighted by Gasteiger charge is -2.36. The van der Waals surface area contributed by atoms with Crippen molar-refractivity contribution in [1.82, 2.24) is 9.62 Å². The lowest BCUT2D eigenvalue weighted by atomic mass is 10.0. The highest BCUT2D eigenvalue weighted by molar-refractivity contribution is 9.10. The average molecular weight is 447 g/mol. The number of halogens is 1. The van der Waals surface area contributed by atoms with Gasteiger partial charge < -0.3 is 9.64 Å². The van der Waals surface area contributed by atoms with E-state index in [2.05, 4.69) is 20.7 Å². The monoisotopic (exact) mass is 446 g/mol. The second kappa shape index (κ2) is 8.71. The maximum absolute atomic E-state index is 12.4. The van der Waals surface area contributed by atoms with Crippen molar-refractivity contribution in [2.24, 2.45) is 0 Å². The maximum Gasteiger partial charge on any atom is 0.410 e. The summed E-state index contributed by atoms with van der Waals surface area (Å²) in [5.74, 6) is -0.0839. The van der Waals surface area contributed by atoms with Crippen molar-refractivity contribution in [3.8, 4) is 0 Å². The predicted octanol–water partition coefficient (Wildman–Crippen LogP) is 3.66. The van der Waals surface area contributed by atoms with Crippen LogP contribution in [0.15, 0.2) is 28.7 Å². The molecule has 0 aliphatic carbocycles. The molecular formula is C18H27BrN2O4S. The van der Waals surface area contributed by atoms with Crippen molar-refractivity contribution in [2.45, 2.75) is 57.4 Å². The fourth-order valence-electron chi connectivity index (χ4n) is 2.85. The number of amides is 1. The molecule has 0 spiro atoms. The first-order valence-corrected chi connectivity index (χ1v) is 11.2. The molecule has 1 aromatic rings. The number of hydrogen-bond acceptors (Lipinski definition) is 4. The summed E-state index contributed by atoms with van der Waals surface area (Å²) < 4.78 is 33.8. The van der Waals surface area contributed by atoms with Crippen LogP contribution in [0, 0.1) is 0 Å². The van der Waals surface area contributed by atoms with Gasteiger partial charge in [0.2, 0.25) is 10.0 Å². The van der Waals surface area contributed by atoms with Gasteiger partial charge in [0.15, 0.2) is 0 Å². The second-order valence-corrected chi connectivity index (χ2v) is 10.3. The van der Waals surface area contributed by atoms with E-state index in [4.69, 9.17) is 4.74 Å². The molecule has 1 amide bonds. The van der Waals surface area contributed by atoms with Crippen LogP contribution in [0.2, 0.25) is 0 Å². The zero-order valence-electron chi connectivity index (χ0n) is 15.5. The summed E-state index contributed by atoms with van der Waals surface area (Å²) in [6.45, 7) is 6.27. The van der Waals surface area contributed by atoms with Crippen molar-refractivity contribution >= 4 is 32.0 Å². The molecule has 8 heteroatoms. The standard InChI is InChI=1S/C18H27BrN2O4S/c1-18(2,3)25-17(22)21-11-5-4-6-16(21)12-20-26(23,24)13-14-7-9-15(19)10-8-14/h7-10,16,20H,4-6,11-13H2,1-3H3. The quantitative estimate of drug-likeness (QED) is 0.748. The van der Waals surface area contributed by atoms with Gasteiger partial charge in [-0.3, -0.25) is 0 Å². The molecule has 1 aromatic carbocycles. The first kappa shape index (κ1) is 21.2. The number of carbonyl (C=O) groups excluding carboxylic acids is 1. The molecular weight excluding hydrogens is 420 g/mol. The van der Waals surface area contributed by atoms with E-state index >= 15 is 0 Å². The second-order valence-electron chi connectivity index (χ2n) is 7.56. The molecule has 0 saturated carbocycles. The predicted molar refractivity (Wildman–Crippen MR) is 105 cm³/mol. The SMILES string of the molecule is CC(C)(C)OC(=O)N1CCCCC1CNS(=O)(=O)Cc1ccc(Br)cc1. The van der Waals surface area contributed by atoms with Crippen molar-refractivity contribution < 1.29 is 17.9 Å². The van der Waals surface area contributed by atoms with Crippen LogP contribution in [-0.2, 0) is 20.5 Å². The van der Waals surface area contributed by atoms with Crippen LogP contribution in [0.4, 0.5) is 4.79 Å². The van der Waals surface area contributed by atoms with Crippen LogP contribution in [0.1, 0.15) is 45.6 Å². The summed E-state index contributed by atoms with van der Waals surface area (Å²) in [6, 6.07) is 7.00. The van der Waals surface area contributed by atoms with Gasteiger partial charge in [0.25, 0.3) is 0 Å². The summed E-state index contributed by atoms with van der Waals surface area (Å²) >= 11 is 3.33. The highest BCUT2D eigenvalue weighted by Crippen LogP contribution is 2.20. The van der Waals surface area contributed by atoms with Crippen LogP contribution in [0.25, 0.3) is 0 Å². The van der Waals surface area contributed by atoms with E-state index in [0.717, 1.165) is 23.7 Å². The third kappa shape index (κ3) is 6.89. The molecule has 1 aliphatic heterocycles. The van der Waals surface area contributed by atoms with Gasteiger partial charge in [-0.1, -0.05) is 28.1 Å². The van der Waals surface area contributed by atoms with Crippen molar-refractivity contribution in [3.05, 3.63) is 34.3 Å². The van der Waals surface area contributed by atoms with E-state index in [1.807, 2.05) is 32.9 Å². The third-order valence-electron chi connectivity index (χ3n) is 4.06. The van der Waals surface area contributed by atoms with Crippen LogP contribution in [0.3, 0.4) is 0 Å². The summed E-state index contributed by atoms with van der Waals surface area (Å²) in [6.07, 6.45) is 2.26. The zero-order chi connectivity index (χ0) is 19.4. The minimum absolute atomic E-state index is 0.0839. The van der Waals surface area contributed by atoms with Crippen LogP contribution in [-0.4, -0.2) is 44.1 Å². The molecule has 1 aliphatic rings. The van der Waals surface area contributed by atoms with Gasteiger partial charge in [-0.2, -0.15) is 0 Å². The van der Waals surface area contributed by atoms with Gasteiger partial charge >= 0.3 is 6.09 Å². The lowest BCUT2D eigenvalue weighted by molar-refractivity contribution is 0.0105. The van der Waals surface area contributed by atoms with Crippen LogP contribution in [0.5, 0.6) is 0 Å². The molecule has 146 valence electrons.